The number of aliphatic carboxylic acids is 2. The van der Waals surface area contributed by atoms with Crippen molar-refractivity contribution in [2.75, 3.05) is 21.3 Å². The molecule has 0 amide bonds. The molecule has 0 aromatic carbocycles. The molecule has 0 saturated heterocycles. The molecule has 8 heteroatoms. The molecule has 0 aromatic rings. The van der Waals surface area contributed by atoms with E-state index < -0.39 is 32.2 Å². The molecule has 7 nitrogen and oxygen atoms in total. The smallest absolute Gasteiger partial charge is 0.478 e. The Morgan fingerprint density at radius 3 is 1.90 bits per heavy atom. The summed E-state index contributed by atoms with van der Waals surface area (Å²) >= 11 is 0. The van der Waals surface area contributed by atoms with Crippen molar-refractivity contribution < 1.29 is 33.1 Å². The van der Waals surface area contributed by atoms with Crippen molar-refractivity contribution in [2.24, 2.45) is 5.92 Å². The molecular weight excluding hydrogens is 296 g/mol. The summed E-state index contributed by atoms with van der Waals surface area (Å²) in [5, 5.41) is 18.1. The van der Waals surface area contributed by atoms with Gasteiger partial charge in [0.05, 0.1) is 5.57 Å². The van der Waals surface area contributed by atoms with Crippen molar-refractivity contribution in [3.63, 3.8) is 0 Å². The number of carbonyl (C=O) groups is 2. The van der Waals surface area contributed by atoms with E-state index in [0.29, 0.717) is 12.5 Å². The summed E-state index contributed by atoms with van der Waals surface area (Å²) in [6.45, 7) is 5.43. The summed E-state index contributed by atoms with van der Waals surface area (Å²) in [5.74, 6) is -3.43. The van der Waals surface area contributed by atoms with Crippen LogP contribution in [0.15, 0.2) is 24.3 Å². The molecule has 0 saturated carbocycles. The monoisotopic (exact) mass is 318 g/mol. The molecule has 2 unspecified atom stereocenters. The van der Waals surface area contributed by atoms with Gasteiger partial charge >= 0.3 is 20.7 Å². The average Bonchev–Trinajstić information content (AvgIpc) is 2.46. The number of carboxylic acid groups (broad SMARTS) is 2. The summed E-state index contributed by atoms with van der Waals surface area (Å²) in [7, 11) is 1.10. The predicted molar refractivity (Wildman–Crippen MR) is 77.9 cm³/mol. The van der Waals surface area contributed by atoms with Crippen LogP contribution in [0.4, 0.5) is 0 Å². The van der Waals surface area contributed by atoms with Gasteiger partial charge in [-0.15, -0.1) is 6.58 Å². The topological polar surface area (TPSA) is 102 Å². The van der Waals surface area contributed by atoms with Gasteiger partial charge in [-0.2, -0.15) is 0 Å². The van der Waals surface area contributed by atoms with Crippen LogP contribution >= 0.6 is 0 Å². The second kappa shape index (κ2) is 8.73. The minimum Gasteiger partial charge on any atom is -0.478 e. The molecule has 21 heavy (non-hydrogen) atoms. The molecule has 0 aliphatic carbocycles. The van der Waals surface area contributed by atoms with Crippen LogP contribution in [-0.4, -0.2) is 52.3 Å². The van der Waals surface area contributed by atoms with E-state index in [1.807, 2.05) is 6.92 Å². The highest BCUT2D eigenvalue weighted by molar-refractivity contribution is 6.62. The first-order valence-corrected chi connectivity index (χ1v) is 8.09. The average molecular weight is 318 g/mol. The maximum Gasteiger partial charge on any atom is 0.504 e. The number of carboxylic acids is 2. The maximum absolute atomic E-state index is 11.4. The Bertz CT molecular complexity index is 406. The van der Waals surface area contributed by atoms with Gasteiger partial charge in [-0.3, -0.25) is 0 Å². The van der Waals surface area contributed by atoms with E-state index in [-0.39, 0.29) is 5.57 Å². The number of hydrogen-bond acceptors (Lipinski definition) is 5. The Kier molecular flexibility index (Phi) is 8.11. The Hall–Kier alpha value is -1.48. The van der Waals surface area contributed by atoms with Crippen molar-refractivity contribution in [3.05, 3.63) is 24.3 Å². The zero-order valence-electron chi connectivity index (χ0n) is 12.7. The second-order valence-electron chi connectivity index (χ2n) is 4.24. The van der Waals surface area contributed by atoms with Crippen LogP contribution in [0.2, 0.25) is 5.54 Å². The van der Waals surface area contributed by atoms with Crippen LogP contribution in [0.1, 0.15) is 13.3 Å². The second-order valence-corrected chi connectivity index (χ2v) is 7.41. The molecule has 0 heterocycles. The lowest BCUT2D eigenvalue weighted by atomic mass is 9.93. The van der Waals surface area contributed by atoms with Gasteiger partial charge in [0.25, 0.3) is 0 Å². The lowest BCUT2D eigenvalue weighted by Crippen LogP contribution is -2.50. The fourth-order valence-electron chi connectivity index (χ4n) is 2.37. The van der Waals surface area contributed by atoms with E-state index in [1.165, 1.54) is 27.4 Å². The molecule has 0 aliphatic rings. The molecule has 0 radical (unpaired) electrons. The minimum absolute atomic E-state index is 0.285. The van der Waals surface area contributed by atoms with Gasteiger partial charge in [0.2, 0.25) is 0 Å². The molecule has 0 aliphatic heterocycles. The van der Waals surface area contributed by atoms with Crippen molar-refractivity contribution >= 4 is 20.7 Å². The molecule has 0 aromatic heterocycles. The normalized spacial score (nSPS) is 15.3. The van der Waals surface area contributed by atoms with Crippen LogP contribution in [0.3, 0.4) is 0 Å². The fourth-order valence-corrected chi connectivity index (χ4v) is 5.03. The molecule has 0 fully saturated rings. The van der Waals surface area contributed by atoms with Crippen molar-refractivity contribution in [1.82, 2.24) is 0 Å². The van der Waals surface area contributed by atoms with Gasteiger partial charge in [0.15, 0.2) is 0 Å². The van der Waals surface area contributed by atoms with E-state index >= 15 is 0 Å². The van der Waals surface area contributed by atoms with Gasteiger partial charge in [0, 0.05) is 38.9 Å². The van der Waals surface area contributed by atoms with E-state index in [9.17, 15) is 14.7 Å². The number of hydrogen-bond donors (Lipinski definition) is 2. The van der Waals surface area contributed by atoms with Gasteiger partial charge in [-0.05, 0) is 6.42 Å². The summed E-state index contributed by atoms with van der Waals surface area (Å²) in [4.78, 5) is 22.2. The Morgan fingerprint density at radius 2 is 1.67 bits per heavy atom. The van der Waals surface area contributed by atoms with E-state index in [2.05, 4.69) is 6.58 Å². The summed E-state index contributed by atoms with van der Waals surface area (Å²) in [5.41, 5.74) is -0.746. The zero-order chi connectivity index (χ0) is 16.6. The first-order valence-electron chi connectivity index (χ1n) is 6.29. The third-order valence-corrected chi connectivity index (χ3v) is 6.70. The standard InChI is InChI=1S/C13H22O7Si/c1-6-9(10(13(16)17)8-12(14)15)11(7-2)21(18-3,19-4)20-5/h6,8-9,11H,1,7H2,2-5H3,(H,14,15)(H,16,17). The minimum atomic E-state index is -3.16. The summed E-state index contributed by atoms with van der Waals surface area (Å²) < 4.78 is 16.2. The van der Waals surface area contributed by atoms with Crippen LogP contribution in [0, 0.1) is 5.92 Å². The maximum atomic E-state index is 11.4. The molecule has 0 spiro atoms. The van der Waals surface area contributed by atoms with Crippen molar-refractivity contribution in [3.8, 4) is 0 Å². The Balaban J connectivity index is 5.91. The SMILES string of the molecule is C=CC(C(=CC(=O)O)C(=O)O)C(CC)[Si](OC)(OC)OC. The van der Waals surface area contributed by atoms with Crippen LogP contribution in [0.25, 0.3) is 0 Å². The van der Waals surface area contributed by atoms with Crippen LogP contribution in [0.5, 0.6) is 0 Å². The third kappa shape index (κ3) is 4.50. The lowest BCUT2D eigenvalue weighted by molar-refractivity contribution is -0.135. The van der Waals surface area contributed by atoms with E-state index in [4.69, 9.17) is 18.4 Å². The fraction of sp³-hybridized carbons (Fsp3) is 0.538. The van der Waals surface area contributed by atoms with Crippen molar-refractivity contribution in [1.29, 1.82) is 0 Å². The van der Waals surface area contributed by atoms with Gasteiger partial charge in [-0.25, -0.2) is 9.59 Å². The van der Waals surface area contributed by atoms with Gasteiger partial charge < -0.3 is 23.5 Å². The predicted octanol–water partition coefficient (Wildman–Crippen LogP) is 1.54. The first kappa shape index (κ1) is 19.5. The highest BCUT2D eigenvalue weighted by atomic mass is 28.4. The third-order valence-electron chi connectivity index (χ3n) is 3.32. The van der Waals surface area contributed by atoms with E-state index in [1.54, 1.807) is 0 Å². The summed E-state index contributed by atoms with van der Waals surface area (Å²) in [6, 6.07) is 0. The first-order chi connectivity index (χ1) is 9.83. The zero-order valence-corrected chi connectivity index (χ0v) is 13.7. The van der Waals surface area contributed by atoms with Crippen LogP contribution in [-0.2, 0) is 22.9 Å². The molecule has 0 bridgehead atoms. The van der Waals surface area contributed by atoms with Gasteiger partial charge in [0.1, 0.15) is 0 Å². The lowest BCUT2D eigenvalue weighted by Gasteiger charge is -2.35. The van der Waals surface area contributed by atoms with Crippen LogP contribution < -0.4 is 0 Å². The molecule has 0 rings (SSSR count). The highest BCUT2D eigenvalue weighted by Gasteiger charge is 2.50. The van der Waals surface area contributed by atoms with E-state index in [0.717, 1.165) is 0 Å². The number of allylic oxidation sites excluding steroid dienone is 1. The quantitative estimate of drug-likeness (QED) is 0.358. The molecule has 2 N–H and O–H groups in total. The molecule has 2 atom stereocenters. The Labute approximate surface area is 125 Å². The number of rotatable bonds is 10. The summed E-state index contributed by atoms with van der Waals surface area (Å²) in [6.07, 6.45) is 2.52. The highest BCUT2D eigenvalue weighted by Crippen LogP contribution is 2.39. The van der Waals surface area contributed by atoms with Crippen molar-refractivity contribution in [2.45, 2.75) is 18.9 Å². The largest absolute Gasteiger partial charge is 0.504 e. The van der Waals surface area contributed by atoms with Gasteiger partial charge in [-0.1, -0.05) is 13.0 Å². The molecule has 120 valence electrons. The Morgan fingerprint density at radius 1 is 1.19 bits per heavy atom. The molecular formula is C13H22O7Si.